The highest BCUT2D eigenvalue weighted by Gasteiger charge is 2.65. The molecule has 1 saturated carbocycles. The van der Waals surface area contributed by atoms with Crippen LogP contribution in [0.4, 0.5) is 0 Å². The summed E-state index contributed by atoms with van der Waals surface area (Å²) in [5, 5.41) is 0. The lowest BCUT2D eigenvalue weighted by atomic mass is 9.75. The summed E-state index contributed by atoms with van der Waals surface area (Å²) in [4.78, 5) is 11.3. The number of rotatable bonds is 3. The van der Waals surface area contributed by atoms with Crippen LogP contribution in [0.25, 0.3) is 0 Å². The lowest BCUT2D eigenvalue weighted by Crippen LogP contribution is -2.22. The van der Waals surface area contributed by atoms with Gasteiger partial charge in [0.25, 0.3) is 0 Å². The third-order valence-electron chi connectivity index (χ3n) is 5.44. The Bertz CT molecular complexity index is 477. The van der Waals surface area contributed by atoms with Crippen LogP contribution in [0.1, 0.15) is 69.8 Å². The molecule has 0 unspecified atom stereocenters. The van der Waals surface area contributed by atoms with Crippen LogP contribution >= 0.6 is 0 Å². The van der Waals surface area contributed by atoms with E-state index in [0.29, 0.717) is 16.7 Å². The molecule has 0 bridgehead atoms. The Morgan fingerprint density at radius 1 is 1.21 bits per heavy atom. The van der Waals surface area contributed by atoms with E-state index in [1.807, 2.05) is 12.1 Å². The minimum absolute atomic E-state index is 0.146. The zero-order valence-electron chi connectivity index (χ0n) is 13.1. The number of ketones is 1. The van der Waals surface area contributed by atoms with Crippen molar-refractivity contribution in [2.75, 3.05) is 0 Å². The van der Waals surface area contributed by atoms with E-state index in [1.54, 1.807) is 6.92 Å². The van der Waals surface area contributed by atoms with Gasteiger partial charge in [0.15, 0.2) is 5.78 Å². The predicted molar refractivity (Wildman–Crippen MR) is 80.5 cm³/mol. The number of benzene rings is 1. The van der Waals surface area contributed by atoms with Gasteiger partial charge in [-0.2, -0.15) is 0 Å². The topological polar surface area (TPSA) is 17.1 Å². The molecule has 0 amide bonds. The molecule has 1 aliphatic carbocycles. The maximum atomic E-state index is 11.3. The average molecular weight is 258 g/mol. The monoisotopic (exact) mass is 258 g/mol. The summed E-state index contributed by atoms with van der Waals surface area (Å²) in [6.45, 7) is 13.4. The Morgan fingerprint density at radius 3 is 2.05 bits per heavy atom. The van der Waals surface area contributed by atoms with E-state index in [4.69, 9.17) is 0 Å². The van der Waals surface area contributed by atoms with Crippen LogP contribution in [0.2, 0.25) is 0 Å². The lowest BCUT2D eigenvalue weighted by molar-refractivity contribution is 0.101. The highest BCUT2D eigenvalue weighted by molar-refractivity contribution is 5.94. The van der Waals surface area contributed by atoms with Crippen LogP contribution in [0.5, 0.6) is 0 Å². The molecular formula is C18H26O. The molecule has 1 aromatic rings. The smallest absolute Gasteiger partial charge is 0.159 e. The number of carbonyl (C=O) groups excluding carboxylic acids is 1. The van der Waals surface area contributed by atoms with Crippen LogP contribution in [0.15, 0.2) is 24.3 Å². The largest absolute Gasteiger partial charge is 0.295 e. The quantitative estimate of drug-likeness (QED) is 0.692. The Labute approximate surface area is 117 Å². The van der Waals surface area contributed by atoms with Crippen molar-refractivity contribution < 1.29 is 4.79 Å². The zero-order chi connectivity index (χ0) is 14.4. The van der Waals surface area contributed by atoms with E-state index in [0.717, 1.165) is 11.5 Å². The SMILES string of the molecule is CC[C@@H]1[C@H](c2ccc(C(C)=O)cc2)[C@@]1(C)C(C)(C)C. The molecule has 0 radical (unpaired) electrons. The summed E-state index contributed by atoms with van der Waals surface area (Å²) >= 11 is 0. The lowest BCUT2D eigenvalue weighted by Gasteiger charge is -2.30. The molecule has 3 atom stereocenters. The van der Waals surface area contributed by atoms with Gasteiger partial charge in [-0.25, -0.2) is 0 Å². The molecule has 0 aliphatic heterocycles. The first kappa shape index (κ1) is 14.3. The molecule has 1 heteroatoms. The third kappa shape index (κ3) is 2.13. The van der Waals surface area contributed by atoms with E-state index in [-0.39, 0.29) is 5.78 Å². The van der Waals surface area contributed by atoms with Crippen molar-refractivity contribution in [3.63, 3.8) is 0 Å². The van der Waals surface area contributed by atoms with E-state index in [1.165, 1.54) is 12.0 Å². The van der Waals surface area contributed by atoms with Gasteiger partial charge in [-0.15, -0.1) is 0 Å². The molecule has 1 aliphatic rings. The van der Waals surface area contributed by atoms with Crippen molar-refractivity contribution >= 4 is 5.78 Å². The maximum Gasteiger partial charge on any atom is 0.159 e. The van der Waals surface area contributed by atoms with Crippen LogP contribution in [0, 0.1) is 16.7 Å². The summed E-state index contributed by atoms with van der Waals surface area (Å²) in [6.07, 6.45) is 1.23. The van der Waals surface area contributed by atoms with E-state index >= 15 is 0 Å². The van der Waals surface area contributed by atoms with E-state index in [9.17, 15) is 4.79 Å². The van der Waals surface area contributed by atoms with E-state index in [2.05, 4.69) is 46.8 Å². The molecule has 0 heterocycles. The summed E-state index contributed by atoms with van der Waals surface area (Å²) in [6, 6.07) is 8.26. The molecular weight excluding hydrogens is 232 g/mol. The molecule has 104 valence electrons. The van der Waals surface area contributed by atoms with Gasteiger partial charge >= 0.3 is 0 Å². The third-order valence-corrected chi connectivity index (χ3v) is 5.44. The first-order valence-electron chi connectivity index (χ1n) is 7.34. The summed E-state index contributed by atoms with van der Waals surface area (Å²) in [7, 11) is 0. The van der Waals surface area contributed by atoms with Crippen LogP contribution < -0.4 is 0 Å². The number of Topliss-reactive ketones (excluding diaryl/α,β-unsaturated/α-hetero) is 1. The van der Waals surface area contributed by atoms with Gasteiger partial charge in [-0.1, -0.05) is 65.3 Å². The predicted octanol–water partition coefficient (Wildman–Crippen LogP) is 5.07. The van der Waals surface area contributed by atoms with E-state index < -0.39 is 0 Å². The van der Waals surface area contributed by atoms with Gasteiger partial charge in [0.1, 0.15) is 0 Å². The van der Waals surface area contributed by atoms with Crippen molar-refractivity contribution in [3.8, 4) is 0 Å². The number of hydrogen-bond acceptors (Lipinski definition) is 1. The highest BCUT2D eigenvalue weighted by Crippen LogP contribution is 2.73. The second kappa shape index (κ2) is 4.47. The molecule has 1 fully saturated rings. The number of hydrogen-bond donors (Lipinski definition) is 0. The van der Waals surface area contributed by atoms with Crippen LogP contribution in [-0.2, 0) is 0 Å². The summed E-state index contributed by atoms with van der Waals surface area (Å²) < 4.78 is 0. The van der Waals surface area contributed by atoms with Gasteiger partial charge in [-0.3, -0.25) is 4.79 Å². The summed E-state index contributed by atoms with van der Waals surface area (Å²) in [5.41, 5.74) is 2.90. The first-order valence-corrected chi connectivity index (χ1v) is 7.34. The molecule has 0 saturated heterocycles. The normalized spacial score (nSPS) is 30.2. The summed E-state index contributed by atoms with van der Waals surface area (Å²) in [5.74, 6) is 1.54. The second-order valence-corrected chi connectivity index (χ2v) is 7.20. The maximum absolute atomic E-state index is 11.3. The number of carbonyl (C=O) groups is 1. The fourth-order valence-corrected chi connectivity index (χ4v) is 3.79. The highest BCUT2D eigenvalue weighted by atomic mass is 16.1. The van der Waals surface area contributed by atoms with Crippen molar-refractivity contribution in [3.05, 3.63) is 35.4 Å². The molecule has 1 aromatic carbocycles. The first-order chi connectivity index (χ1) is 8.73. The molecule has 0 aromatic heterocycles. The Morgan fingerprint density at radius 2 is 1.74 bits per heavy atom. The molecule has 19 heavy (non-hydrogen) atoms. The molecule has 1 nitrogen and oxygen atoms in total. The van der Waals surface area contributed by atoms with Gasteiger partial charge in [0.2, 0.25) is 0 Å². The van der Waals surface area contributed by atoms with Crippen molar-refractivity contribution in [2.24, 2.45) is 16.7 Å². The fourth-order valence-electron chi connectivity index (χ4n) is 3.79. The minimum Gasteiger partial charge on any atom is -0.295 e. The molecule has 0 spiro atoms. The Kier molecular flexibility index (Phi) is 3.36. The average Bonchev–Trinajstić information content (AvgIpc) is 2.96. The van der Waals surface area contributed by atoms with Gasteiger partial charge in [0.05, 0.1) is 0 Å². The Balaban J connectivity index is 2.30. The Hall–Kier alpha value is -1.11. The van der Waals surface area contributed by atoms with Crippen molar-refractivity contribution in [2.45, 2.75) is 53.9 Å². The standard InChI is InChI=1S/C18H26O/c1-7-15-16(18(15,6)17(3,4)5)14-10-8-13(9-11-14)12(2)19/h8-11,15-16H,7H2,1-6H3/t15-,16+,18+/m1/s1. The van der Waals surface area contributed by atoms with Gasteiger partial charge in [-0.05, 0) is 35.2 Å². The molecule has 2 rings (SSSR count). The minimum atomic E-state index is 0.146. The van der Waals surface area contributed by atoms with Crippen molar-refractivity contribution in [1.82, 2.24) is 0 Å². The molecule has 0 N–H and O–H groups in total. The van der Waals surface area contributed by atoms with Gasteiger partial charge < -0.3 is 0 Å². The zero-order valence-corrected chi connectivity index (χ0v) is 13.1. The second-order valence-electron chi connectivity index (χ2n) is 7.20. The van der Waals surface area contributed by atoms with Crippen LogP contribution in [-0.4, -0.2) is 5.78 Å². The van der Waals surface area contributed by atoms with Gasteiger partial charge in [0, 0.05) is 5.56 Å². The fraction of sp³-hybridized carbons (Fsp3) is 0.611. The van der Waals surface area contributed by atoms with Crippen molar-refractivity contribution in [1.29, 1.82) is 0 Å². The van der Waals surface area contributed by atoms with Crippen LogP contribution in [0.3, 0.4) is 0 Å².